The third-order valence-electron chi connectivity index (χ3n) is 1.81. The molecule has 72 valence electrons. The fourth-order valence-electron chi connectivity index (χ4n) is 1.22. The van der Waals surface area contributed by atoms with E-state index in [1.165, 1.54) is 0 Å². The zero-order valence-electron chi connectivity index (χ0n) is 6.96. The number of carbonyl (C=O) groups is 1. The summed E-state index contributed by atoms with van der Waals surface area (Å²) in [6, 6.07) is 5.23. The number of oxazole rings is 1. The number of nitrogens with zero attached hydrogens (tertiary/aromatic N) is 1. The largest absolute Gasteiger partial charge is 0.432 e. The number of ketones is 1. The summed E-state index contributed by atoms with van der Waals surface area (Å²) in [6.45, 7) is 0. The van der Waals surface area contributed by atoms with E-state index < -0.39 is 0 Å². The minimum atomic E-state index is -0.137. The predicted octanol–water partition coefficient (Wildman–Crippen LogP) is 2.85. The molecule has 1 aromatic heterocycles. The zero-order chi connectivity index (χ0) is 10.1. The van der Waals surface area contributed by atoms with Gasteiger partial charge >= 0.3 is 0 Å². The minimum absolute atomic E-state index is 0.0391. The number of halogens is 2. The van der Waals surface area contributed by atoms with Gasteiger partial charge in [0.1, 0.15) is 5.52 Å². The molecule has 0 fully saturated rings. The van der Waals surface area contributed by atoms with Gasteiger partial charge in [-0.25, -0.2) is 4.98 Å². The highest BCUT2D eigenvalue weighted by molar-refractivity contribution is 14.1. The van der Waals surface area contributed by atoms with Crippen LogP contribution in [0.3, 0.4) is 0 Å². The van der Waals surface area contributed by atoms with Crippen LogP contribution in [0.15, 0.2) is 22.6 Å². The van der Waals surface area contributed by atoms with Crippen LogP contribution in [0.2, 0.25) is 0 Å². The molecular formula is C9H5ClINO2. The smallest absolute Gasteiger partial charge is 0.258 e. The van der Waals surface area contributed by atoms with Crippen molar-refractivity contribution in [2.45, 2.75) is 0 Å². The summed E-state index contributed by atoms with van der Waals surface area (Å²) in [5.74, 6) is -0.176. The van der Waals surface area contributed by atoms with Crippen LogP contribution in [0.25, 0.3) is 11.1 Å². The van der Waals surface area contributed by atoms with Crippen LogP contribution in [0.5, 0.6) is 0 Å². The number of fused-ring (bicyclic) bond motifs is 1. The third kappa shape index (κ3) is 1.64. The molecule has 0 unspecified atom stereocenters. The van der Waals surface area contributed by atoms with Crippen molar-refractivity contribution < 1.29 is 9.21 Å². The van der Waals surface area contributed by atoms with Crippen LogP contribution >= 0.6 is 34.2 Å². The van der Waals surface area contributed by atoms with Gasteiger partial charge in [-0.3, -0.25) is 4.79 Å². The maximum atomic E-state index is 11.4. The maximum Gasteiger partial charge on any atom is 0.258 e. The van der Waals surface area contributed by atoms with E-state index in [1.54, 1.807) is 18.2 Å². The van der Waals surface area contributed by atoms with E-state index in [-0.39, 0.29) is 11.7 Å². The number of carbonyl (C=O) groups excluding carboxylic acids is 1. The summed E-state index contributed by atoms with van der Waals surface area (Å²) in [7, 11) is 0. The monoisotopic (exact) mass is 321 g/mol. The van der Waals surface area contributed by atoms with E-state index in [2.05, 4.69) is 4.98 Å². The summed E-state index contributed by atoms with van der Waals surface area (Å²) in [5, 5.41) is 0. The van der Waals surface area contributed by atoms with Gasteiger partial charge in [0.05, 0.1) is 5.88 Å². The normalized spacial score (nSPS) is 10.7. The molecule has 0 aliphatic carbocycles. The second kappa shape index (κ2) is 3.86. The minimum Gasteiger partial charge on any atom is -0.432 e. The van der Waals surface area contributed by atoms with E-state index in [0.29, 0.717) is 20.6 Å². The van der Waals surface area contributed by atoms with Gasteiger partial charge in [-0.1, -0.05) is 6.07 Å². The molecule has 0 N–H and O–H groups in total. The van der Waals surface area contributed by atoms with Crippen LogP contribution in [-0.4, -0.2) is 16.6 Å². The number of benzene rings is 1. The zero-order valence-corrected chi connectivity index (χ0v) is 9.87. The van der Waals surface area contributed by atoms with Gasteiger partial charge in [0.25, 0.3) is 3.90 Å². The number of hydrogen-bond donors (Lipinski definition) is 0. The Hall–Kier alpha value is -0.620. The van der Waals surface area contributed by atoms with Crippen LogP contribution < -0.4 is 0 Å². The van der Waals surface area contributed by atoms with Crippen molar-refractivity contribution in [3.05, 3.63) is 27.7 Å². The number of aromatic nitrogens is 1. The lowest BCUT2D eigenvalue weighted by Gasteiger charge is -1.95. The predicted molar refractivity (Wildman–Crippen MR) is 61.8 cm³/mol. The van der Waals surface area contributed by atoms with Crippen LogP contribution in [-0.2, 0) is 0 Å². The lowest BCUT2D eigenvalue weighted by Crippen LogP contribution is -2.00. The van der Waals surface area contributed by atoms with Gasteiger partial charge in [0, 0.05) is 28.2 Å². The number of para-hydroxylation sites is 1. The Kier molecular flexibility index (Phi) is 2.73. The highest BCUT2D eigenvalue weighted by Crippen LogP contribution is 2.21. The highest BCUT2D eigenvalue weighted by Gasteiger charge is 2.12. The Labute approximate surface area is 98.6 Å². The summed E-state index contributed by atoms with van der Waals surface area (Å²) in [5.41, 5.74) is 1.72. The Bertz CT molecular complexity index is 495. The number of Topliss-reactive ketones (excluding diaryl/α,β-unsaturated/α-hetero) is 1. The Balaban J connectivity index is 2.70. The summed E-state index contributed by atoms with van der Waals surface area (Å²) in [4.78, 5) is 15.5. The van der Waals surface area contributed by atoms with Crippen molar-refractivity contribution in [2.75, 3.05) is 5.88 Å². The summed E-state index contributed by atoms with van der Waals surface area (Å²) in [6.07, 6.45) is 0. The molecule has 2 rings (SSSR count). The lowest BCUT2D eigenvalue weighted by atomic mass is 10.1. The molecule has 14 heavy (non-hydrogen) atoms. The molecule has 0 aliphatic rings. The van der Waals surface area contributed by atoms with E-state index in [4.69, 9.17) is 16.0 Å². The van der Waals surface area contributed by atoms with E-state index >= 15 is 0 Å². The Morgan fingerprint density at radius 2 is 2.36 bits per heavy atom. The average Bonchev–Trinajstić information content (AvgIpc) is 2.56. The van der Waals surface area contributed by atoms with Crippen LogP contribution in [0.1, 0.15) is 10.4 Å². The molecule has 1 heterocycles. The second-order valence-corrected chi connectivity index (χ2v) is 3.87. The molecule has 0 amide bonds. The fraction of sp³-hybridized carbons (Fsp3) is 0.111. The first-order chi connectivity index (χ1) is 6.72. The highest BCUT2D eigenvalue weighted by atomic mass is 127. The van der Waals surface area contributed by atoms with E-state index in [0.717, 1.165) is 0 Å². The van der Waals surface area contributed by atoms with Crippen molar-refractivity contribution in [1.82, 2.24) is 4.98 Å². The van der Waals surface area contributed by atoms with Crippen molar-refractivity contribution in [3.8, 4) is 0 Å². The molecule has 0 radical (unpaired) electrons. The molecule has 5 heteroatoms. The molecule has 0 aliphatic heterocycles. The molecular weight excluding hydrogens is 316 g/mol. The average molecular weight is 322 g/mol. The van der Waals surface area contributed by atoms with Gasteiger partial charge < -0.3 is 4.42 Å². The van der Waals surface area contributed by atoms with Gasteiger partial charge in [-0.15, -0.1) is 11.6 Å². The molecule has 3 nitrogen and oxygen atoms in total. The van der Waals surface area contributed by atoms with Gasteiger partial charge in [0.2, 0.25) is 0 Å². The first-order valence-electron chi connectivity index (χ1n) is 3.86. The molecule has 0 spiro atoms. The van der Waals surface area contributed by atoms with Crippen LogP contribution in [0.4, 0.5) is 0 Å². The van der Waals surface area contributed by atoms with Crippen molar-refractivity contribution in [2.24, 2.45) is 0 Å². The summed E-state index contributed by atoms with van der Waals surface area (Å²) >= 11 is 7.45. The molecule has 2 aromatic rings. The fourth-order valence-corrected chi connectivity index (χ4v) is 1.84. The number of hydrogen-bond acceptors (Lipinski definition) is 3. The first-order valence-corrected chi connectivity index (χ1v) is 5.48. The van der Waals surface area contributed by atoms with Crippen molar-refractivity contribution in [3.63, 3.8) is 0 Å². The van der Waals surface area contributed by atoms with Crippen molar-refractivity contribution >= 4 is 51.1 Å². The topological polar surface area (TPSA) is 43.1 Å². The van der Waals surface area contributed by atoms with E-state index in [1.807, 2.05) is 22.6 Å². The quantitative estimate of drug-likeness (QED) is 0.485. The van der Waals surface area contributed by atoms with E-state index in [9.17, 15) is 4.79 Å². The van der Waals surface area contributed by atoms with Crippen molar-refractivity contribution in [1.29, 1.82) is 0 Å². The van der Waals surface area contributed by atoms with Gasteiger partial charge in [0.15, 0.2) is 11.4 Å². The Morgan fingerprint density at radius 3 is 3.07 bits per heavy atom. The van der Waals surface area contributed by atoms with Gasteiger partial charge in [-0.05, 0) is 12.1 Å². The number of alkyl halides is 1. The molecule has 0 atom stereocenters. The number of rotatable bonds is 2. The first kappa shape index (κ1) is 9.92. The summed E-state index contributed by atoms with van der Waals surface area (Å²) < 4.78 is 5.80. The lowest BCUT2D eigenvalue weighted by molar-refractivity contribution is 0.102. The Morgan fingerprint density at radius 1 is 1.57 bits per heavy atom. The van der Waals surface area contributed by atoms with Gasteiger partial charge in [-0.2, -0.15) is 0 Å². The standard InChI is InChI=1S/C9H5ClINO2/c10-4-6(13)5-2-1-3-7-8(5)12-9(11)14-7/h1-3H,4H2. The molecule has 0 saturated carbocycles. The molecule has 1 aromatic carbocycles. The molecule has 0 bridgehead atoms. The third-order valence-corrected chi connectivity index (χ3v) is 2.52. The maximum absolute atomic E-state index is 11.4. The SMILES string of the molecule is O=C(CCl)c1cccc2oc(I)nc12. The van der Waals surface area contributed by atoms with Crippen LogP contribution in [0, 0.1) is 3.90 Å². The molecule has 0 saturated heterocycles. The second-order valence-electron chi connectivity index (χ2n) is 2.68.